The van der Waals surface area contributed by atoms with Gasteiger partial charge in [-0.1, -0.05) is 24.3 Å². The van der Waals surface area contributed by atoms with E-state index in [1.165, 1.54) is 18.4 Å². The van der Waals surface area contributed by atoms with Crippen molar-refractivity contribution in [2.75, 3.05) is 19.7 Å². The molecule has 0 spiro atoms. The van der Waals surface area contributed by atoms with Gasteiger partial charge >= 0.3 is 0 Å². The minimum absolute atomic E-state index is 0.00632. The van der Waals surface area contributed by atoms with E-state index in [1.807, 2.05) is 12.1 Å². The monoisotopic (exact) mass is 220 g/mol. The number of hydrogen-bond acceptors (Lipinski definition) is 3. The first-order valence-corrected chi connectivity index (χ1v) is 5.98. The lowest BCUT2D eigenvalue weighted by atomic mass is 9.90. The van der Waals surface area contributed by atoms with Crippen molar-refractivity contribution in [3.63, 3.8) is 0 Å². The summed E-state index contributed by atoms with van der Waals surface area (Å²) in [6.07, 6.45) is 2.48. The minimum atomic E-state index is -0.253. The number of hydrogen-bond donors (Lipinski definition) is 3. The average Bonchev–Trinajstić information content (AvgIpc) is 2.39. The molecule has 1 aliphatic heterocycles. The van der Waals surface area contributed by atoms with Crippen LogP contribution in [0.15, 0.2) is 24.3 Å². The van der Waals surface area contributed by atoms with Gasteiger partial charge in [0.1, 0.15) is 0 Å². The van der Waals surface area contributed by atoms with E-state index in [2.05, 4.69) is 17.4 Å². The topological polar surface area (TPSA) is 58.3 Å². The molecule has 2 rings (SSSR count). The van der Waals surface area contributed by atoms with Crippen LogP contribution in [0.25, 0.3) is 0 Å². The van der Waals surface area contributed by atoms with Gasteiger partial charge in [-0.05, 0) is 36.4 Å². The predicted molar refractivity (Wildman–Crippen MR) is 65.3 cm³/mol. The minimum Gasteiger partial charge on any atom is -0.394 e. The second-order valence-electron chi connectivity index (χ2n) is 4.50. The second kappa shape index (κ2) is 5.43. The Kier molecular flexibility index (Phi) is 3.93. The Balaban J connectivity index is 2.14. The summed E-state index contributed by atoms with van der Waals surface area (Å²) >= 11 is 0. The SMILES string of the molecule is NC(CO)c1cccc(C2CCCNC2)c1. The Morgan fingerprint density at radius 1 is 1.50 bits per heavy atom. The summed E-state index contributed by atoms with van der Waals surface area (Å²) in [4.78, 5) is 0. The first-order valence-electron chi connectivity index (χ1n) is 5.98. The molecule has 3 heteroatoms. The highest BCUT2D eigenvalue weighted by atomic mass is 16.3. The quantitative estimate of drug-likeness (QED) is 0.716. The van der Waals surface area contributed by atoms with Crippen LogP contribution in [0.2, 0.25) is 0 Å². The maximum atomic E-state index is 9.05. The van der Waals surface area contributed by atoms with Crippen molar-refractivity contribution in [2.45, 2.75) is 24.8 Å². The molecule has 1 heterocycles. The lowest BCUT2D eigenvalue weighted by Gasteiger charge is -2.24. The molecule has 1 saturated heterocycles. The van der Waals surface area contributed by atoms with Crippen LogP contribution < -0.4 is 11.1 Å². The van der Waals surface area contributed by atoms with Crippen LogP contribution >= 0.6 is 0 Å². The molecule has 4 N–H and O–H groups in total. The largest absolute Gasteiger partial charge is 0.394 e. The van der Waals surface area contributed by atoms with Gasteiger partial charge in [0, 0.05) is 6.54 Å². The molecule has 0 aliphatic carbocycles. The molecule has 1 aliphatic rings. The summed E-state index contributed by atoms with van der Waals surface area (Å²) in [7, 11) is 0. The smallest absolute Gasteiger partial charge is 0.0624 e. The zero-order chi connectivity index (χ0) is 11.4. The van der Waals surface area contributed by atoms with Crippen LogP contribution in [-0.2, 0) is 0 Å². The Morgan fingerprint density at radius 3 is 3.06 bits per heavy atom. The van der Waals surface area contributed by atoms with Crippen molar-refractivity contribution < 1.29 is 5.11 Å². The summed E-state index contributed by atoms with van der Waals surface area (Å²) in [5, 5.41) is 12.5. The third kappa shape index (κ3) is 2.61. The van der Waals surface area contributed by atoms with Crippen LogP contribution in [0.3, 0.4) is 0 Å². The molecule has 88 valence electrons. The summed E-state index contributed by atoms with van der Waals surface area (Å²) in [6.45, 7) is 2.19. The van der Waals surface area contributed by atoms with Gasteiger partial charge < -0.3 is 16.2 Å². The van der Waals surface area contributed by atoms with Crippen LogP contribution in [0, 0.1) is 0 Å². The molecule has 0 saturated carbocycles. The first kappa shape index (κ1) is 11.6. The van der Waals surface area contributed by atoms with Crippen molar-refractivity contribution in [3.05, 3.63) is 35.4 Å². The third-order valence-electron chi connectivity index (χ3n) is 3.30. The maximum absolute atomic E-state index is 9.05. The number of aliphatic hydroxyl groups is 1. The van der Waals surface area contributed by atoms with Crippen LogP contribution in [0.5, 0.6) is 0 Å². The number of benzene rings is 1. The van der Waals surface area contributed by atoms with E-state index in [-0.39, 0.29) is 12.6 Å². The Morgan fingerprint density at radius 2 is 2.38 bits per heavy atom. The third-order valence-corrected chi connectivity index (χ3v) is 3.30. The highest BCUT2D eigenvalue weighted by Gasteiger charge is 2.15. The lowest BCUT2D eigenvalue weighted by molar-refractivity contribution is 0.268. The zero-order valence-corrected chi connectivity index (χ0v) is 9.52. The fourth-order valence-corrected chi connectivity index (χ4v) is 2.29. The number of nitrogens with two attached hydrogens (primary N) is 1. The predicted octanol–water partition coefficient (Wildman–Crippen LogP) is 1.15. The Labute approximate surface area is 96.7 Å². The average molecular weight is 220 g/mol. The van der Waals surface area contributed by atoms with Gasteiger partial charge in [0.05, 0.1) is 12.6 Å². The highest BCUT2D eigenvalue weighted by Crippen LogP contribution is 2.25. The van der Waals surface area contributed by atoms with Crippen molar-refractivity contribution in [2.24, 2.45) is 5.73 Å². The van der Waals surface area contributed by atoms with Crippen molar-refractivity contribution in [1.29, 1.82) is 0 Å². The number of aliphatic hydroxyl groups excluding tert-OH is 1. The van der Waals surface area contributed by atoms with Crippen LogP contribution in [-0.4, -0.2) is 24.8 Å². The molecule has 2 atom stereocenters. The molecule has 3 nitrogen and oxygen atoms in total. The first-order chi connectivity index (χ1) is 7.81. The molecule has 0 radical (unpaired) electrons. The molecule has 16 heavy (non-hydrogen) atoms. The second-order valence-corrected chi connectivity index (χ2v) is 4.50. The van der Waals surface area contributed by atoms with Crippen molar-refractivity contribution in [3.8, 4) is 0 Å². The van der Waals surface area contributed by atoms with E-state index < -0.39 is 0 Å². The molecular weight excluding hydrogens is 200 g/mol. The number of nitrogens with one attached hydrogen (secondary N) is 1. The van der Waals surface area contributed by atoms with Crippen molar-refractivity contribution >= 4 is 0 Å². The van der Waals surface area contributed by atoms with E-state index in [0.717, 1.165) is 18.7 Å². The summed E-state index contributed by atoms with van der Waals surface area (Å²) in [5.74, 6) is 0.597. The molecule has 0 bridgehead atoms. The molecule has 0 aromatic heterocycles. The summed E-state index contributed by atoms with van der Waals surface area (Å²) in [5.41, 5.74) is 8.20. The summed E-state index contributed by atoms with van der Waals surface area (Å²) in [6, 6.07) is 8.07. The molecule has 1 aromatic carbocycles. The lowest BCUT2D eigenvalue weighted by Crippen LogP contribution is -2.28. The highest BCUT2D eigenvalue weighted by molar-refractivity contribution is 5.29. The van der Waals surface area contributed by atoms with Gasteiger partial charge in [0.15, 0.2) is 0 Å². The standard InChI is InChI=1S/C13H20N2O/c14-13(9-16)11-4-1-3-10(7-11)12-5-2-6-15-8-12/h1,3-4,7,12-13,15-16H,2,5-6,8-9,14H2. The van der Waals surface area contributed by atoms with Gasteiger partial charge in [-0.2, -0.15) is 0 Å². The fraction of sp³-hybridized carbons (Fsp3) is 0.538. The fourth-order valence-electron chi connectivity index (χ4n) is 2.29. The molecule has 1 aromatic rings. The van der Waals surface area contributed by atoms with E-state index in [1.54, 1.807) is 0 Å². The summed E-state index contributed by atoms with van der Waals surface area (Å²) < 4.78 is 0. The van der Waals surface area contributed by atoms with E-state index >= 15 is 0 Å². The van der Waals surface area contributed by atoms with Crippen molar-refractivity contribution in [1.82, 2.24) is 5.32 Å². The maximum Gasteiger partial charge on any atom is 0.0624 e. The number of piperidine rings is 1. The molecule has 1 fully saturated rings. The molecule has 0 amide bonds. The normalized spacial score (nSPS) is 23.0. The Hall–Kier alpha value is -0.900. The van der Waals surface area contributed by atoms with Gasteiger partial charge in [-0.3, -0.25) is 0 Å². The van der Waals surface area contributed by atoms with Gasteiger partial charge in [0.2, 0.25) is 0 Å². The van der Waals surface area contributed by atoms with Crippen LogP contribution in [0.4, 0.5) is 0 Å². The molecular formula is C13H20N2O. The van der Waals surface area contributed by atoms with E-state index in [4.69, 9.17) is 10.8 Å². The number of rotatable bonds is 3. The van der Waals surface area contributed by atoms with Gasteiger partial charge in [-0.25, -0.2) is 0 Å². The van der Waals surface area contributed by atoms with E-state index in [0.29, 0.717) is 5.92 Å². The van der Waals surface area contributed by atoms with E-state index in [9.17, 15) is 0 Å². The van der Waals surface area contributed by atoms with Gasteiger partial charge in [0.25, 0.3) is 0 Å². The Bertz CT molecular complexity index is 334. The van der Waals surface area contributed by atoms with Crippen LogP contribution in [0.1, 0.15) is 35.9 Å². The zero-order valence-electron chi connectivity index (χ0n) is 9.52. The van der Waals surface area contributed by atoms with Gasteiger partial charge in [-0.15, -0.1) is 0 Å². The molecule has 2 unspecified atom stereocenters.